The molecule has 1 nitrogen and oxygen atoms in total. The Morgan fingerprint density at radius 1 is 0.632 bits per heavy atom. The van der Waals surface area contributed by atoms with Crippen molar-refractivity contribution in [3.05, 3.63) is 0 Å². The summed E-state index contributed by atoms with van der Waals surface area (Å²) in [6, 6.07) is 0. The fraction of sp³-hybridized carbons (Fsp3) is 1.00. The quantitative estimate of drug-likeness (QED) is 0.623. The number of hydrogen-bond acceptors (Lipinski definition) is 1. The number of hydrogen-bond donors (Lipinski definition) is 0. The minimum atomic E-state index is 0.272. The molecule has 2 rings (SSSR count). The molecule has 0 saturated heterocycles. The van der Waals surface area contributed by atoms with E-state index in [0.717, 1.165) is 17.3 Å². The van der Waals surface area contributed by atoms with E-state index in [-0.39, 0.29) is 5.60 Å². The van der Waals surface area contributed by atoms with Gasteiger partial charge < -0.3 is 4.74 Å². The molecule has 0 spiro atoms. The van der Waals surface area contributed by atoms with Gasteiger partial charge in [-0.3, -0.25) is 0 Å². The molecule has 0 atom stereocenters. The lowest BCUT2D eigenvalue weighted by Crippen LogP contribution is -2.25. The van der Waals surface area contributed by atoms with Crippen LogP contribution in [0.4, 0.5) is 0 Å². The van der Waals surface area contributed by atoms with Crippen molar-refractivity contribution >= 4 is 0 Å². The second-order valence-electron chi connectivity index (χ2n) is 7.93. The fourth-order valence-corrected chi connectivity index (χ4v) is 3.39. The lowest BCUT2D eigenvalue weighted by Gasteiger charge is -2.23. The Morgan fingerprint density at radius 3 is 1.11 bits per heavy atom. The van der Waals surface area contributed by atoms with E-state index in [1.807, 2.05) is 0 Å². The molecule has 1 heteroatoms. The molecule has 2 aliphatic carbocycles. The van der Waals surface area contributed by atoms with Crippen molar-refractivity contribution in [1.82, 2.24) is 0 Å². The van der Waals surface area contributed by atoms with Gasteiger partial charge in [0.2, 0.25) is 0 Å². The van der Waals surface area contributed by atoms with E-state index in [9.17, 15) is 0 Å². The Balaban J connectivity index is 0.000000191. The monoisotopic (exact) mass is 268 g/mol. The smallest absolute Gasteiger partial charge is 0.0710 e. The van der Waals surface area contributed by atoms with Crippen LogP contribution in [0.15, 0.2) is 0 Å². The summed E-state index contributed by atoms with van der Waals surface area (Å²) in [5.74, 6) is 2.49. The molecule has 2 aliphatic rings. The third kappa shape index (κ3) is 4.21. The van der Waals surface area contributed by atoms with Crippen LogP contribution in [0.1, 0.15) is 81.1 Å². The predicted octanol–water partition coefficient (Wildman–Crippen LogP) is 5.68. The first-order chi connectivity index (χ1) is 8.66. The summed E-state index contributed by atoms with van der Waals surface area (Å²) in [6.07, 6.45) is 5.88. The molecule has 0 heterocycles. The summed E-state index contributed by atoms with van der Waals surface area (Å²) in [7, 11) is 0. The molecule has 0 radical (unpaired) electrons. The standard InChI is InChI=1S/C9H18O.C9H18/c1-7(2)9(5-6-9)10-8(3)4;1-7(2)9(5-6-9)8(3)4/h7-8H,5-6H2,1-4H3;7-8H,5-6H2,1-4H3. The average Bonchev–Trinajstić information content (AvgIpc) is 3.12. The Labute approximate surface area is 121 Å². The van der Waals surface area contributed by atoms with Crippen molar-refractivity contribution in [2.24, 2.45) is 23.2 Å². The highest BCUT2D eigenvalue weighted by molar-refractivity contribution is 4.98. The normalized spacial score (nSPS) is 22.7. The van der Waals surface area contributed by atoms with Gasteiger partial charge in [-0.05, 0) is 62.7 Å². The third-order valence-corrected chi connectivity index (χ3v) is 5.39. The lowest BCUT2D eigenvalue weighted by molar-refractivity contribution is -0.0382. The summed E-state index contributed by atoms with van der Waals surface area (Å²) < 4.78 is 5.81. The van der Waals surface area contributed by atoms with Crippen LogP contribution in [-0.4, -0.2) is 11.7 Å². The SMILES string of the molecule is CC(C)C1(C(C)C)CC1.CC(C)OC1(C(C)C)CC1. The molecule has 0 aromatic carbocycles. The highest BCUT2D eigenvalue weighted by Gasteiger charge is 2.47. The highest BCUT2D eigenvalue weighted by Crippen LogP contribution is 2.57. The Kier molecular flexibility index (Phi) is 5.52. The van der Waals surface area contributed by atoms with E-state index in [2.05, 4.69) is 55.4 Å². The molecule has 0 amide bonds. The molecule has 0 N–H and O–H groups in total. The Hall–Kier alpha value is -0.0400. The Morgan fingerprint density at radius 2 is 1.05 bits per heavy atom. The van der Waals surface area contributed by atoms with E-state index >= 15 is 0 Å². The van der Waals surface area contributed by atoms with Gasteiger partial charge in [0.1, 0.15) is 0 Å². The van der Waals surface area contributed by atoms with E-state index in [4.69, 9.17) is 4.74 Å². The molecule has 0 aromatic rings. The molecule has 114 valence electrons. The van der Waals surface area contributed by atoms with E-state index in [1.165, 1.54) is 25.7 Å². The minimum Gasteiger partial charge on any atom is -0.372 e. The van der Waals surface area contributed by atoms with Gasteiger partial charge in [0, 0.05) is 0 Å². The van der Waals surface area contributed by atoms with Crippen molar-refractivity contribution in [2.45, 2.75) is 92.8 Å². The fourth-order valence-electron chi connectivity index (χ4n) is 3.39. The van der Waals surface area contributed by atoms with Gasteiger partial charge in [-0.25, -0.2) is 0 Å². The van der Waals surface area contributed by atoms with Gasteiger partial charge in [0.25, 0.3) is 0 Å². The highest BCUT2D eigenvalue weighted by atomic mass is 16.5. The number of ether oxygens (including phenoxy) is 1. The first-order valence-electron chi connectivity index (χ1n) is 8.34. The molecule has 0 aromatic heterocycles. The molecule has 0 aliphatic heterocycles. The third-order valence-electron chi connectivity index (χ3n) is 5.39. The summed E-state index contributed by atoms with van der Waals surface area (Å²) >= 11 is 0. The second kappa shape index (κ2) is 6.16. The summed E-state index contributed by atoms with van der Waals surface area (Å²) in [5, 5.41) is 0. The predicted molar refractivity (Wildman–Crippen MR) is 84.4 cm³/mol. The zero-order valence-corrected chi connectivity index (χ0v) is 14.5. The maximum atomic E-state index is 5.81. The average molecular weight is 268 g/mol. The van der Waals surface area contributed by atoms with Crippen molar-refractivity contribution in [3.8, 4) is 0 Å². The second-order valence-corrected chi connectivity index (χ2v) is 7.93. The molecular formula is C18H36O. The van der Waals surface area contributed by atoms with Crippen LogP contribution in [0.5, 0.6) is 0 Å². The van der Waals surface area contributed by atoms with Crippen molar-refractivity contribution in [3.63, 3.8) is 0 Å². The number of rotatable bonds is 5. The van der Waals surface area contributed by atoms with E-state index < -0.39 is 0 Å². The maximum Gasteiger partial charge on any atom is 0.0710 e. The van der Waals surface area contributed by atoms with Gasteiger partial charge in [-0.15, -0.1) is 0 Å². The van der Waals surface area contributed by atoms with Crippen LogP contribution in [0, 0.1) is 23.2 Å². The maximum absolute atomic E-state index is 5.81. The topological polar surface area (TPSA) is 9.23 Å². The summed E-state index contributed by atoms with van der Waals surface area (Å²) in [5.41, 5.74) is 1.02. The van der Waals surface area contributed by atoms with Gasteiger partial charge in [-0.2, -0.15) is 0 Å². The molecule has 2 saturated carbocycles. The largest absolute Gasteiger partial charge is 0.372 e. The van der Waals surface area contributed by atoms with Crippen LogP contribution < -0.4 is 0 Å². The minimum absolute atomic E-state index is 0.272. The van der Waals surface area contributed by atoms with E-state index in [1.54, 1.807) is 0 Å². The summed E-state index contributed by atoms with van der Waals surface area (Å²) in [4.78, 5) is 0. The van der Waals surface area contributed by atoms with Crippen LogP contribution in [0.3, 0.4) is 0 Å². The zero-order chi connectivity index (χ0) is 14.8. The van der Waals surface area contributed by atoms with Gasteiger partial charge in [-0.1, -0.05) is 41.5 Å². The first kappa shape index (κ1) is 17.0. The molecule has 0 unspecified atom stereocenters. The van der Waals surface area contributed by atoms with Crippen molar-refractivity contribution in [1.29, 1.82) is 0 Å². The molecule has 2 fully saturated rings. The Bertz CT molecular complexity index is 257. The van der Waals surface area contributed by atoms with E-state index in [0.29, 0.717) is 12.0 Å². The van der Waals surface area contributed by atoms with Gasteiger partial charge in [0.05, 0.1) is 11.7 Å². The van der Waals surface area contributed by atoms with Crippen molar-refractivity contribution < 1.29 is 4.74 Å². The lowest BCUT2D eigenvalue weighted by atomic mass is 9.82. The zero-order valence-electron chi connectivity index (χ0n) is 14.5. The van der Waals surface area contributed by atoms with Gasteiger partial charge in [0.15, 0.2) is 0 Å². The summed E-state index contributed by atoms with van der Waals surface area (Å²) in [6.45, 7) is 18.1. The molecular weight excluding hydrogens is 232 g/mol. The van der Waals surface area contributed by atoms with Gasteiger partial charge >= 0.3 is 0 Å². The van der Waals surface area contributed by atoms with Crippen LogP contribution >= 0.6 is 0 Å². The molecule has 19 heavy (non-hydrogen) atoms. The van der Waals surface area contributed by atoms with Crippen LogP contribution in [0.25, 0.3) is 0 Å². The van der Waals surface area contributed by atoms with Crippen molar-refractivity contribution in [2.75, 3.05) is 0 Å². The van der Waals surface area contributed by atoms with Crippen LogP contribution in [0.2, 0.25) is 0 Å². The first-order valence-corrected chi connectivity index (χ1v) is 8.34. The molecule has 0 bridgehead atoms. The van der Waals surface area contributed by atoms with Crippen LogP contribution in [-0.2, 0) is 4.74 Å².